The van der Waals surface area contributed by atoms with Crippen LogP contribution in [-0.4, -0.2) is 0 Å². The van der Waals surface area contributed by atoms with Crippen LogP contribution in [0.25, 0.3) is 0 Å². The van der Waals surface area contributed by atoms with Crippen LogP contribution in [0.1, 0.15) is 27.8 Å². The van der Waals surface area contributed by atoms with E-state index in [9.17, 15) is 13.2 Å². The fourth-order valence-corrected chi connectivity index (χ4v) is 2.02. The molecule has 2 aromatic carbocycles. The van der Waals surface area contributed by atoms with E-state index in [-0.39, 0.29) is 0 Å². The molecule has 0 radical (unpaired) electrons. The average Bonchev–Trinajstić information content (AvgIpc) is 2.33. The lowest BCUT2D eigenvalue weighted by atomic mass is 9.98. The maximum absolute atomic E-state index is 12.5. The predicted octanol–water partition coefficient (Wildman–Crippen LogP) is 4.91. The van der Waals surface area contributed by atoms with Crippen molar-refractivity contribution in [3.05, 3.63) is 70.3 Å². The Morgan fingerprint density at radius 2 is 1.53 bits per heavy atom. The van der Waals surface area contributed by atoms with Crippen molar-refractivity contribution < 1.29 is 13.2 Å². The van der Waals surface area contributed by atoms with E-state index in [1.165, 1.54) is 0 Å². The molecule has 100 valence electrons. The summed E-state index contributed by atoms with van der Waals surface area (Å²) in [7, 11) is 0. The molecule has 0 N–H and O–H groups in total. The summed E-state index contributed by atoms with van der Waals surface area (Å²) in [4.78, 5) is 0. The lowest BCUT2D eigenvalue weighted by Crippen LogP contribution is -2.04. The summed E-state index contributed by atoms with van der Waals surface area (Å²) >= 11 is 0. The zero-order valence-electron chi connectivity index (χ0n) is 10.9. The summed E-state index contributed by atoms with van der Waals surface area (Å²) in [6.45, 7) is 4.02. The normalized spacial score (nSPS) is 11.6. The minimum absolute atomic E-state index is 0.600. The molecular formula is C16H15F3. The Morgan fingerprint density at radius 3 is 2.11 bits per heavy atom. The van der Waals surface area contributed by atoms with E-state index in [2.05, 4.69) is 6.07 Å². The first-order valence-corrected chi connectivity index (χ1v) is 6.08. The smallest absolute Gasteiger partial charge is 0.166 e. The van der Waals surface area contributed by atoms with Gasteiger partial charge in [0.1, 0.15) is 0 Å². The van der Waals surface area contributed by atoms with Crippen LogP contribution in [0.3, 0.4) is 0 Å². The van der Waals surface area contributed by atoms with Gasteiger partial charge in [-0.1, -0.05) is 35.9 Å². The van der Waals surface area contributed by atoms with Gasteiger partial charge >= 0.3 is 6.18 Å². The molecule has 0 aliphatic carbocycles. The molecule has 19 heavy (non-hydrogen) atoms. The standard InChI is InChI=1S/C16H15F3/c1-11-3-4-12(2)14(9-11)10-13-5-7-15(8-6-13)16(17,18)19/h3-9H,10H2,1-2H3. The number of halogens is 3. The van der Waals surface area contributed by atoms with Gasteiger partial charge in [-0.3, -0.25) is 0 Å². The highest BCUT2D eigenvalue weighted by atomic mass is 19.4. The van der Waals surface area contributed by atoms with Gasteiger partial charge in [-0.05, 0) is 49.1 Å². The summed E-state index contributed by atoms with van der Waals surface area (Å²) in [5.74, 6) is 0. The van der Waals surface area contributed by atoms with Crippen molar-refractivity contribution in [2.24, 2.45) is 0 Å². The minimum atomic E-state index is -4.27. The molecule has 0 spiro atoms. The second-order valence-electron chi connectivity index (χ2n) is 4.80. The molecule has 0 bridgehead atoms. The van der Waals surface area contributed by atoms with Crippen LogP contribution in [0, 0.1) is 13.8 Å². The molecule has 0 unspecified atom stereocenters. The fourth-order valence-electron chi connectivity index (χ4n) is 2.02. The molecule has 0 nitrogen and oxygen atoms in total. The number of hydrogen-bond donors (Lipinski definition) is 0. The van der Waals surface area contributed by atoms with E-state index in [4.69, 9.17) is 0 Å². The van der Waals surface area contributed by atoms with E-state index in [1.54, 1.807) is 12.1 Å². The van der Waals surface area contributed by atoms with Crippen LogP contribution in [0.15, 0.2) is 42.5 Å². The molecule has 0 aliphatic heterocycles. The Bertz CT molecular complexity index is 566. The topological polar surface area (TPSA) is 0 Å². The first-order chi connectivity index (χ1) is 8.86. The summed E-state index contributed by atoms with van der Waals surface area (Å²) in [6, 6.07) is 11.5. The molecule has 0 fully saturated rings. The van der Waals surface area contributed by atoms with Crippen LogP contribution in [0.5, 0.6) is 0 Å². The maximum atomic E-state index is 12.5. The molecule has 0 amide bonds. The predicted molar refractivity (Wildman–Crippen MR) is 70.2 cm³/mol. The minimum Gasteiger partial charge on any atom is -0.166 e. The summed E-state index contributed by atoms with van der Waals surface area (Å²) < 4.78 is 37.4. The van der Waals surface area contributed by atoms with Gasteiger partial charge in [0.2, 0.25) is 0 Å². The third-order valence-electron chi connectivity index (χ3n) is 3.18. The third-order valence-corrected chi connectivity index (χ3v) is 3.18. The van der Waals surface area contributed by atoms with E-state index >= 15 is 0 Å². The quantitative estimate of drug-likeness (QED) is 0.722. The van der Waals surface area contributed by atoms with Gasteiger partial charge in [0, 0.05) is 0 Å². The average molecular weight is 264 g/mol. The van der Waals surface area contributed by atoms with Crippen LogP contribution in [0.2, 0.25) is 0 Å². The first-order valence-electron chi connectivity index (χ1n) is 6.08. The Kier molecular flexibility index (Phi) is 3.65. The van der Waals surface area contributed by atoms with E-state index in [0.29, 0.717) is 6.42 Å². The van der Waals surface area contributed by atoms with E-state index < -0.39 is 11.7 Å². The van der Waals surface area contributed by atoms with Crippen molar-refractivity contribution >= 4 is 0 Å². The highest BCUT2D eigenvalue weighted by Gasteiger charge is 2.29. The molecule has 0 aromatic heterocycles. The number of benzene rings is 2. The molecule has 0 saturated carbocycles. The van der Waals surface area contributed by atoms with Gasteiger partial charge < -0.3 is 0 Å². The van der Waals surface area contributed by atoms with Gasteiger partial charge in [0.25, 0.3) is 0 Å². The Morgan fingerprint density at radius 1 is 0.895 bits per heavy atom. The molecule has 0 heterocycles. The highest BCUT2D eigenvalue weighted by molar-refractivity contribution is 5.36. The largest absolute Gasteiger partial charge is 0.416 e. The van der Waals surface area contributed by atoms with Crippen LogP contribution in [0.4, 0.5) is 13.2 Å². The van der Waals surface area contributed by atoms with Gasteiger partial charge in [-0.25, -0.2) is 0 Å². The SMILES string of the molecule is Cc1ccc(C)c(Cc2ccc(C(F)(F)F)cc2)c1. The van der Waals surface area contributed by atoms with Gasteiger partial charge in [0.15, 0.2) is 0 Å². The van der Waals surface area contributed by atoms with Crippen molar-refractivity contribution in [3.63, 3.8) is 0 Å². The van der Waals surface area contributed by atoms with E-state index in [0.717, 1.165) is 34.4 Å². The second-order valence-corrected chi connectivity index (χ2v) is 4.80. The molecular weight excluding hydrogens is 249 g/mol. The molecule has 0 saturated heterocycles. The summed E-state index contributed by atoms with van der Waals surface area (Å²) in [5, 5.41) is 0. The molecule has 0 atom stereocenters. The number of rotatable bonds is 2. The van der Waals surface area contributed by atoms with Crippen molar-refractivity contribution in [1.82, 2.24) is 0 Å². The Balaban J connectivity index is 2.22. The number of alkyl halides is 3. The van der Waals surface area contributed by atoms with Crippen LogP contribution >= 0.6 is 0 Å². The van der Waals surface area contributed by atoms with Crippen LogP contribution in [-0.2, 0) is 12.6 Å². The van der Waals surface area contributed by atoms with Gasteiger partial charge in [-0.2, -0.15) is 13.2 Å². The number of hydrogen-bond acceptors (Lipinski definition) is 0. The summed E-state index contributed by atoms with van der Waals surface area (Å²) in [5.41, 5.74) is 3.76. The third kappa shape index (κ3) is 3.37. The van der Waals surface area contributed by atoms with E-state index in [1.807, 2.05) is 26.0 Å². The Hall–Kier alpha value is -1.77. The van der Waals surface area contributed by atoms with Gasteiger partial charge in [0.05, 0.1) is 5.56 Å². The lowest BCUT2D eigenvalue weighted by molar-refractivity contribution is -0.137. The molecule has 2 rings (SSSR count). The Labute approximate surface area is 110 Å². The monoisotopic (exact) mass is 264 g/mol. The van der Waals surface area contributed by atoms with Crippen molar-refractivity contribution in [3.8, 4) is 0 Å². The number of aryl methyl sites for hydroxylation is 2. The van der Waals surface area contributed by atoms with Crippen molar-refractivity contribution in [2.45, 2.75) is 26.4 Å². The van der Waals surface area contributed by atoms with Crippen LogP contribution < -0.4 is 0 Å². The second kappa shape index (κ2) is 5.08. The van der Waals surface area contributed by atoms with Crippen molar-refractivity contribution in [1.29, 1.82) is 0 Å². The highest BCUT2D eigenvalue weighted by Crippen LogP contribution is 2.29. The first kappa shape index (κ1) is 13.7. The summed E-state index contributed by atoms with van der Waals surface area (Å²) in [6.07, 6.45) is -3.61. The van der Waals surface area contributed by atoms with Crippen molar-refractivity contribution in [2.75, 3.05) is 0 Å². The lowest BCUT2D eigenvalue weighted by Gasteiger charge is -2.09. The fraction of sp³-hybridized carbons (Fsp3) is 0.250. The molecule has 0 aliphatic rings. The maximum Gasteiger partial charge on any atom is 0.416 e. The molecule has 3 heteroatoms. The zero-order chi connectivity index (χ0) is 14.0. The molecule has 2 aromatic rings. The van der Waals surface area contributed by atoms with Gasteiger partial charge in [-0.15, -0.1) is 0 Å². The zero-order valence-corrected chi connectivity index (χ0v) is 10.9.